The monoisotopic (exact) mass is 301 g/mol. The summed E-state index contributed by atoms with van der Waals surface area (Å²) in [7, 11) is 0. The molecule has 116 valence electrons. The molecule has 0 fully saturated rings. The third-order valence-corrected chi connectivity index (χ3v) is 2.62. The van der Waals surface area contributed by atoms with Crippen LogP contribution in [0.1, 0.15) is 30.1 Å². The van der Waals surface area contributed by atoms with Gasteiger partial charge in [-0.2, -0.15) is 5.26 Å². The molecule has 1 amide bonds. The van der Waals surface area contributed by atoms with Gasteiger partial charge >= 0.3 is 5.97 Å². The van der Waals surface area contributed by atoms with Crippen LogP contribution in [0.4, 0.5) is 5.69 Å². The molecule has 22 heavy (non-hydrogen) atoms. The lowest BCUT2D eigenvalue weighted by Crippen LogP contribution is -2.11. The molecule has 2 aromatic rings. The molecule has 0 aliphatic carbocycles. The highest BCUT2D eigenvalue weighted by atomic mass is 17.1. The summed E-state index contributed by atoms with van der Waals surface area (Å²) in [5.74, 6) is -0.649. The molecule has 0 radical (unpaired) electrons. The average molecular weight is 301 g/mol. The summed E-state index contributed by atoms with van der Waals surface area (Å²) in [5, 5.41) is 10.4. The van der Waals surface area contributed by atoms with Gasteiger partial charge in [0.15, 0.2) is 0 Å². The van der Waals surface area contributed by atoms with Crippen molar-refractivity contribution in [2.45, 2.75) is 19.8 Å². The second-order valence-electron chi connectivity index (χ2n) is 4.40. The van der Waals surface area contributed by atoms with Crippen molar-refractivity contribution in [1.29, 1.82) is 0 Å². The molecule has 0 aliphatic heterocycles. The molecule has 2 N–H and O–H groups in total. The predicted molar refractivity (Wildman–Crippen MR) is 84.5 cm³/mol. The third kappa shape index (κ3) is 6.67. The maximum Gasteiger partial charge on any atom is 0.342 e. The number of amides is 1. The van der Waals surface area contributed by atoms with Gasteiger partial charge in [-0.1, -0.05) is 43.3 Å². The lowest BCUT2D eigenvalue weighted by molar-refractivity contribution is -0.234. The Morgan fingerprint density at radius 2 is 1.55 bits per heavy atom. The van der Waals surface area contributed by atoms with E-state index in [1.165, 1.54) is 0 Å². The predicted octanol–water partition coefficient (Wildman–Crippen LogP) is 3.74. The van der Waals surface area contributed by atoms with Crippen molar-refractivity contribution in [3.05, 3.63) is 66.2 Å². The van der Waals surface area contributed by atoms with Gasteiger partial charge in [0.2, 0.25) is 0 Å². The van der Waals surface area contributed by atoms with Crippen molar-refractivity contribution >= 4 is 17.6 Å². The van der Waals surface area contributed by atoms with E-state index in [1.807, 2.05) is 55.5 Å². The first-order valence-electron chi connectivity index (χ1n) is 6.93. The Hall–Kier alpha value is -2.66. The maximum atomic E-state index is 11.7. The number of nitrogens with one attached hydrogen (secondary N) is 1. The highest BCUT2D eigenvalue weighted by molar-refractivity contribution is 6.04. The Kier molecular flexibility index (Phi) is 8.00. The maximum absolute atomic E-state index is 11.7. The van der Waals surface area contributed by atoms with Crippen LogP contribution in [0.15, 0.2) is 60.7 Å². The molecule has 5 nitrogen and oxygen atoms in total. The minimum atomic E-state index is -0.567. The van der Waals surface area contributed by atoms with Gasteiger partial charge in [-0.3, -0.25) is 4.79 Å². The summed E-state index contributed by atoms with van der Waals surface area (Å²) >= 11 is 0. The molecule has 0 aliphatic rings. The molecule has 5 heteroatoms. The van der Waals surface area contributed by atoms with Crippen molar-refractivity contribution in [2.75, 3.05) is 5.32 Å². The topological polar surface area (TPSA) is 75.6 Å². The van der Waals surface area contributed by atoms with Gasteiger partial charge in [-0.25, -0.2) is 4.79 Å². The first-order chi connectivity index (χ1) is 10.7. The Labute approximate surface area is 129 Å². The molecule has 0 bridgehead atoms. The fourth-order valence-corrected chi connectivity index (χ4v) is 1.56. The van der Waals surface area contributed by atoms with E-state index in [9.17, 15) is 9.59 Å². The van der Waals surface area contributed by atoms with E-state index in [0.29, 0.717) is 12.0 Å². The largest absolute Gasteiger partial charge is 0.342 e. The third-order valence-electron chi connectivity index (χ3n) is 2.62. The number of para-hydroxylation sites is 1. The van der Waals surface area contributed by atoms with Crippen LogP contribution in [0.25, 0.3) is 0 Å². The van der Waals surface area contributed by atoms with Crippen LogP contribution in [-0.2, 0) is 9.68 Å². The lowest BCUT2D eigenvalue weighted by atomic mass is 10.2. The van der Waals surface area contributed by atoms with Crippen LogP contribution in [0.3, 0.4) is 0 Å². The van der Waals surface area contributed by atoms with Crippen molar-refractivity contribution in [1.82, 2.24) is 0 Å². The second kappa shape index (κ2) is 10.1. The number of hydrogen-bond donors (Lipinski definition) is 2. The minimum absolute atomic E-state index is 0.0817. The summed E-state index contributed by atoms with van der Waals surface area (Å²) < 4.78 is 0. The molecular weight excluding hydrogens is 282 g/mol. The van der Waals surface area contributed by atoms with E-state index < -0.39 is 5.97 Å². The summed E-state index contributed by atoms with van der Waals surface area (Å²) in [6, 6.07) is 18.6. The van der Waals surface area contributed by atoms with Crippen LogP contribution in [0.2, 0.25) is 0 Å². The first-order valence-corrected chi connectivity index (χ1v) is 6.93. The quantitative estimate of drug-likeness (QED) is 0.666. The minimum Gasteiger partial charge on any atom is -0.322 e. The van der Waals surface area contributed by atoms with Gasteiger partial charge in [0.1, 0.15) is 0 Å². The molecule has 0 saturated heterocycles. The van der Waals surface area contributed by atoms with E-state index >= 15 is 0 Å². The number of carbonyl (C=O) groups is 2. The Bertz CT molecular complexity index is 570. The fraction of sp³-hybridized carbons (Fsp3) is 0.176. The average Bonchev–Trinajstić information content (AvgIpc) is 2.57. The number of hydrogen-bond acceptors (Lipinski definition) is 4. The highest BCUT2D eigenvalue weighted by Crippen LogP contribution is 2.08. The Morgan fingerprint density at radius 1 is 1.00 bits per heavy atom. The summed E-state index contributed by atoms with van der Waals surface area (Å²) in [6.45, 7) is 1.83. The fourth-order valence-electron chi connectivity index (χ4n) is 1.56. The number of benzene rings is 2. The number of rotatable bonds is 4. The standard InChI is InChI=1S/C13H11NO.C4H8O3/c15-13(11-7-3-1-4-8-11)14-12-9-5-2-6-10-12;1-2-3-4(5)7-6/h1-10H,(H,14,15);6H,2-3H2,1H3. The van der Waals surface area contributed by atoms with Gasteiger partial charge in [0.25, 0.3) is 5.91 Å². The van der Waals surface area contributed by atoms with Gasteiger partial charge in [0, 0.05) is 17.7 Å². The van der Waals surface area contributed by atoms with Gasteiger partial charge in [-0.05, 0) is 30.7 Å². The van der Waals surface area contributed by atoms with Crippen molar-refractivity contribution in [3.63, 3.8) is 0 Å². The van der Waals surface area contributed by atoms with Crippen molar-refractivity contribution < 1.29 is 19.7 Å². The highest BCUT2D eigenvalue weighted by Gasteiger charge is 2.03. The smallest absolute Gasteiger partial charge is 0.322 e. The second-order valence-corrected chi connectivity index (χ2v) is 4.40. The van der Waals surface area contributed by atoms with E-state index in [0.717, 1.165) is 5.69 Å². The molecule has 0 atom stereocenters. The molecule has 2 rings (SSSR count). The molecule has 0 spiro atoms. The summed E-state index contributed by atoms with van der Waals surface area (Å²) in [5.41, 5.74) is 1.48. The van der Waals surface area contributed by atoms with Gasteiger partial charge < -0.3 is 10.2 Å². The van der Waals surface area contributed by atoms with E-state index in [4.69, 9.17) is 5.26 Å². The zero-order chi connectivity index (χ0) is 16.2. The van der Waals surface area contributed by atoms with Crippen LogP contribution < -0.4 is 5.32 Å². The molecular formula is C17H19NO4. The Morgan fingerprint density at radius 3 is 2.00 bits per heavy atom. The zero-order valence-corrected chi connectivity index (χ0v) is 12.4. The molecule has 0 saturated carbocycles. The number of anilines is 1. The normalized spacial score (nSPS) is 9.18. The lowest BCUT2D eigenvalue weighted by Gasteiger charge is -2.03. The van der Waals surface area contributed by atoms with Crippen molar-refractivity contribution in [2.24, 2.45) is 0 Å². The van der Waals surface area contributed by atoms with E-state index in [-0.39, 0.29) is 12.3 Å². The van der Waals surface area contributed by atoms with Gasteiger partial charge in [-0.15, -0.1) is 0 Å². The van der Waals surface area contributed by atoms with Crippen molar-refractivity contribution in [3.8, 4) is 0 Å². The first kappa shape index (κ1) is 17.4. The Balaban J connectivity index is 0.000000295. The van der Waals surface area contributed by atoms with E-state index in [1.54, 1.807) is 12.1 Å². The molecule has 0 aromatic heterocycles. The van der Waals surface area contributed by atoms with Gasteiger partial charge in [0.05, 0.1) is 0 Å². The SMILES string of the molecule is CCCC(=O)OO.O=C(Nc1ccccc1)c1ccccc1. The molecule has 0 heterocycles. The number of carbonyl (C=O) groups excluding carboxylic acids is 2. The molecule has 0 unspecified atom stereocenters. The van der Waals surface area contributed by atoms with Crippen LogP contribution in [0.5, 0.6) is 0 Å². The van der Waals surface area contributed by atoms with Crippen LogP contribution >= 0.6 is 0 Å². The summed E-state index contributed by atoms with van der Waals surface area (Å²) in [4.78, 5) is 25.0. The van der Waals surface area contributed by atoms with Crippen LogP contribution in [-0.4, -0.2) is 17.1 Å². The summed E-state index contributed by atoms with van der Waals surface area (Å²) in [6.07, 6.45) is 0.996. The van der Waals surface area contributed by atoms with E-state index in [2.05, 4.69) is 10.2 Å². The molecule has 2 aromatic carbocycles. The zero-order valence-electron chi connectivity index (χ0n) is 12.4. The van der Waals surface area contributed by atoms with Crippen LogP contribution in [0, 0.1) is 0 Å².